The number of hydrogen-bond donors (Lipinski definition) is 2. The average molecular weight is 447 g/mol. The summed E-state index contributed by atoms with van der Waals surface area (Å²) in [4.78, 5) is 7.24. The number of halogens is 1. The van der Waals surface area contributed by atoms with Gasteiger partial charge in [-0.3, -0.25) is 9.89 Å². The molecule has 2 N–H and O–H groups in total. The summed E-state index contributed by atoms with van der Waals surface area (Å²) in [5.41, 5.74) is 1.06. The molecule has 1 unspecified atom stereocenters. The summed E-state index contributed by atoms with van der Waals surface area (Å²) in [6, 6.07) is 10.7. The van der Waals surface area contributed by atoms with Crippen LogP contribution in [0.4, 0.5) is 4.39 Å². The van der Waals surface area contributed by atoms with Gasteiger partial charge in [0.15, 0.2) is 5.96 Å². The van der Waals surface area contributed by atoms with Crippen LogP contribution in [0.2, 0.25) is 0 Å². The number of furan rings is 1. The third-order valence-electron chi connectivity index (χ3n) is 5.37. The van der Waals surface area contributed by atoms with E-state index in [1.54, 1.807) is 6.26 Å². The Morgan fingerprint density at radius 3 is 2.66 bits per heavy atom. The lowest BCUT2D eigenvalue weighted by Gasteiger charge is -2.34. The van der Waals surface area contributed by atoms with Crippen LogP contribution in [0, 0.1) is 5.82 Å². The lowest BCUT2D eigenvalue weighted by Crippen LogP contribution is -2.42. The SMILES string of the molecule is CCOCCCNC(=NCC(c1ccc(F)cc1)N1CCOCC1)NCCc1ccco1. The summed E-state index contributed by atoms with van der Waals surface area (Å²) < 4.78 is 29.9. The molecule has 32 heavy (non-hydrogen) atoms. The second-order valence-corrected chi connectivity index (χ2v) is 7.64. The molecule has 0 spiro atoms. The number of benzene rings is 1. The standard InChI is InChI=1S/C24H35FN4O3/c1-2-30-15-4-11-26-24(27-12-10-22-5-3-16-32-22)28-19-23(29-13-17-31-18-14-29)20-6-8-21(25)9-7-20/h3,5-9,16,23H,2,4,10-15,17-19H2,1H3,(H2,26,27,28). The van der Waals surface area contributed by atoms with E-state index in [4.69, 9.17) is 18.9 Å². The molecule has 3 rings (SSSR count). The van der Waals surface area contributed by atoms with E-state index in [2.05, 4.69) is 15.5 Å². The Labute approximate surface area is 190 Å². The van der Waals surface area contributed by atoms with Crippen molar-refractivity contribution in [2.45, 2.75) is 25.8 Å². The van der Waals surface area contributed by atoms with E-state index in [0.717, 1.165) is 63.0 Å². The molecule has 1 aromatic carbocycles. The van der Waals surface area contributed by atoms with Crippen molar-refractivity contribution in [3.63, 3.8) is 0 Å². The van der Waals surface area contributed by atoms with Crippen LogP contribution >= 0.6 is 0 Å². The number of rotatable bonds is 12. The molecule has 2 heterocycles. The normalized spacial score (nSPS) is 16.1. The number of hydrogen-bond acceptors (Lipinski definition) is 5. The van der Waals surface area contributed by atoms with Crippen LogP contribution in [-0.2, 0) is 15.9 Å². The zero-order chi connectivity index (χ0) is 22.4. The lowest BCUT2D eigenvalue weighted by molar-refractivity contribution is 0.0179. The largest absolute Gasteiger partial charge is 0.469 e. The molecule has 7 nitrogen and oxygen atoms in total. The van der Waals surface area contributed by atoms with Crippen LogP contribution in [0.25, 0.3) is 0 Å². The van der Waals surface area contributed by atoms with Gasteiger partial charge in [-0.05, 0) is 43.2 Å². The molecule has 1 atom stereocenters. The highest BCUT2D eigenvalue weighted by molar-refractivity contribution is 5.79. The molecule has 1 aliphatic rings. The fourth-order valence-electron chi connectivity index (χ4n) is 3.64. The first-order valence-corrected chi connectivity index (χ1v) is 11.5. The molecule has 0 saturated carbocycles. The predicted molar refractivity (Wildman–Crippen MR) is 123 cm³/mol. The predicted octanol–water partition coefficient (Wildman–Crippen LogP) is 3.00. The molecule has 1 aromatic heterocycles. The molecular weight excluding hydrogens is 411 g/mol. The van der Waals surface area contributed by atoms with E-state index < -0.39 is 0 Å². The van der Waals surface area contributed by atoms with Gasteiger partial charge in [0.1, 0.15) is 11.6 Å². The molecule has 2 aromatic rings. The lowest BCUT2D eigenvalue weighted by atomic mass is 10.0. The van der Waals surface area contributed by atoms with Gasteiger partial charge in [-0.25, -0.2) is 4.39 Å². The Morgan fingerprint density at radius 1 is 1.16 bits per heavy atom. The Kier molecular flexibility index (Phi) is 10.5. The van der Waals surface area contributed by atoms with E-state index in [1.807, 2.05) is 31.2 Å². The fourth-order valence-corrected chi connectivity index (χ4v) is 3.64. The van der Waals surface area contributed by atoms with E-state index in [9.17, 15) is 4.39 Å². The highest BCUT2D eigenvalue weighted by atomic mass is 19.1. The molecule has 0 bridgehead atoms. The summed E-state index contributed by atoms with van der Waals surface area (Å²) in [7, 11) is 0. The van der Waals surface area contributed by atoms with Crippen LogP contribution in [0.5, 0.6) is 0 Å². The first-order valence-electron chi connectivity index (χ1n) is 11.5. The molecule has 1 aliphatic heterocycles. The third-order valence-corrected chi connectivity index (χ3v) is 5.37. The summed E-state index contributed by atoms with van der Waals surface area (Å²) >= 11 is 0. The summed E-state index contributed by atoms with van der Waals surface area (Å²) in [5, 5.41) is 6.81. The van der Waals surface area contributed by atoms with Gasteiger partial charge < -0.3 is 24.5 Å². The maximum Gasteiger partial charge on any atom is 0.191 e. The van der Waals surface area contributed by atoms with Gasteiger partial charge in [-0.2, -0.15) is 0 Å². The monoisotopic (exact) mass is 446 g/mol. The van der Waals surface area contributed by atoms with Gasteiger partial charge in [-0.1, -0.05) is 12.1 Å². The molecule has 1 saturated heterocycles. The van der Waals surface area contributed by atoms with Gasteiger partial charge in [-0.15, -0.1) is 0 Å². The smallest absolute Gasteiger partial charge is 0.191 e. The van der Waals surface area contributed by atoms with Crippen LogP contribution in [0.1, 0.15) is 30.7 Å². The minimum atomic E-state index is -0.228. The Bertz CT molecular complexity index is 777. The molecular formula is C24H35FN4O3. The van der Waals surface area contributed by atoms with E-state index >= 15 is 0 Å². The van der Waals surface area contributed by atoms with Crippen LogP contribution in [0.15, 0.2) is 52.1 Å². The van der Waals surface area contributed by atoms with E-state index in [-0.39, 0.29) is 11.9 Å². The van der Waals surface area contributed by atoms with Gasteiger partial charge >= 0.3 is 0 Å². The maximum atomic E-state index is 13.5. The van der Waals surface area contributed by atoms with Crippen molar-refractivity contribution < 1.29 is 18.3 Å². The maximum absolute atomic E-state index is 13.5. The zero-order valence-corrected chi connectivity index (χ0v) is 18.9. The second kappa shape index (κ2) is 13.9. The van der Waals surface area contributed by atoms with Crippen molar-refractivity contribution in [3.8, 4) is 0 Å². The van der Waals surface area contributed by atoms with Crippen LogP contribution in [-0.4, -0.2) is 70.0 Å². The summed E-state index contributed by atoms with van der Waals surface area (Å²) in [6.07, 6.45) is 3.36. The van der Waals surface area contributed by atoms with Gasteiger partial charge in [0, 0.05) is 45.8 Å². The van der Waals surface area contributed by atoms with Crippen molar-refractivity contribution in [2.75, 3.05) is 59.2 Å². The molecule has 0 amide bonds. The number of morpholine rings is 1. The first-order chi connectivity index (χ1) is 15.8. The van der Waals surface area contributed by atoms with Gasteiger partial charge in [0.25, 0.3) is 0 Å². The number of ether oxygens (including phenoxy) is 2. The highest BCUT2D eigenvalue weighted by Crippen LogP contribution is 2.22. The Hall–Kier alpha value is -2.42. The molecule has 0 aliphatic carbocycles. The molecule has 8 heteroatoms. The average Bonchev–Trinajstić information content (AvgIpc) is 3.34. The zero-order valence-electron chi connectivity index (χ0n) is 18.9. The van der Waals surface area contributed by atoms with Crippen molar-refractivity contribution in [2.24, 2.45) is 4.99 Å². The van der Waals surface area contributed by atoms with Crippen molar-refractivity contribution in [1.82, 2.24) is 15.5 Å². The minimum absolute atomic E-state index is 0.0617. The Balaban J connectivity index is 1.64. The quantitative estimate of drug-likeness (QED) is 0.297. The number of aliphatic imine (C=N–C) groups is 1. The van der Waals surface area contributed by atoms with E-state index in [0.29, 0.717) is 26.3 Å². The van der Waals surface area contributed by atoms with Crippen LogP contribution in [0.3, 0.4) is 0 Å². The molecule has 1 fully saturated rings. The Morgan fingerprint density at radius 2 is 1.94 bits per heavy atom. The third kappa shape index (κ3) is 8.26. The fraction of sp³-hybridized carbons (Fsp3) is 0.542. The highest BCUT2D eigenvalue weighted by Gasteiger charge is 2.22. The topological polar surface area (TPSA) is 71.3 Å². The van der Waals surface area contributed by atoms with Crippen molar-refractivity contribution in [1.29, 1.82) is 0 Å². The van der Waals surface area contributed by atoms with Gasteiger partial charge in [0.2, 0.25) is 0 Å². The van der Waals surface area contributed by atoms with Crippen molar-refractivity contribution >= 4 is 5.96 Å². The number of nitrogens with zero attached hydrogens (tertiary/aromatic N) is 2. The number of guanidine groups is 1. The second-order valence-electron chi connectivity index (χ2n) is 7.64. The summed E-state index contributed by atoms with van der Waals surface area (Å²) in [6.45, 7) is 8.55. The minimum Gasteiger partial charge on any atom is -0.469 e. The van der Waals surface area contributed by atoms with Gasteiger partial charge in [0.05, 0.1) is 32.1 Å². The summed E-state index contributed by atoms with van der Waals surface area (Å²) in [5.74, 6) is 1.47. The molecule has 0 radical (unpaired) electrons. The van der Waals surface area contributed by atoms with E-state index in [1.165, 1.54) is 12.1 Å². The first kappa shape index (κ1) is 24.2. The van der Waals surface area contributed by atoms with Crippen molar-refractivity contribution in [3.05, 3.63) is 59.8 Å². The molecule has 176 valence electrons. The number of nitrogens with one attached hydrogen (secondary N) is 2. The van der Waals surface area contributed by atoms with Crippen LogP contribution < -0.4 is 10.6 Å².